The molecular formula is C14H9F5N4O2. The maximum absolute atomic E-state index is 13.1. The average Bonchev–Trinajstić information content (AvgIpc) is 3.14. The molecule has 2 heterocycles. The standard InChI is InChI=1S/C14H9F5N4O2/c1-23-10(24-13(15)16)6-9(21-23)12-20-11(22-25-12)7-4-2-3-5-8(7)14(17,18)19/h2-6,13H,1H3. The van der Waals surface area contributed by atoms with Gasteiger partial charge < -0.3 is 9.26 Å². The minimum atomic E-state index is -4.60. The molecule has 3 rings (SSSR count). The first-order valence-electron chi connectivity index (χ1n) is 6.75. The first kappa shape index (κ1) is 16.9. The molecule has 0 fully saturated rings. The summed E-state index contributed by atoms with van der Waals surface area (Å²) in [4.78, 5) is 3.86. The predicted octanol–water partition coefficient (Wildman–Crippen LogP) is 3.76. The second kappa shape index (κ2) is 6.15. The lowest BCUT2D eigenvalue weighted by molar-refractivity contribution is -0.137. The number of alkyl halides is 5. The molecule has 2 aromatic heterocycles. The fraction of sp³-hybridized carbons (Fsp3) is 0.214. The van der Waals surface area contributed by atoms with Crippen molar-refractivity contribution in [2.24, 2.45) is 7.05 Å². The predicted molar refractivity (Wildman–Crippen MR) is 73.6 cm³/mol. The van der Waals surface area contributed by atoms with Crippen molar-refractivity contribution in [3.05, 3.63) is 35.9 Å². The number of nitrogens with zero attached hydrogens (tertiary/aromatic N) is 4. The monoisotopic (exact) mass is 360 g/mol. The summed E-state index contributed by atoms with van der Waals surface area (Å²) in [7, 11) is 1.34. The van der Waals surface area contributed by atoms with Gasteiger partial charge >= 0.3 is 12.8 Å². The molecule has 0 saturated heterocycles. The molecule has 132 valence electrons. The summed E-state index contributed by atoms with van der Waals surface area (Å²) >= 11 is 0. The van der Waals surface area contributed by atoms with E-state index in [4.69, 9.17) is 4.52 Å². The number of hydrogen-bond donors (Lipinski definition) is 0. The summed E-state index contributed by atoms with van der Waals surface area (Å²) in [6.07, 6.45) is -4.60. The Kier molecular flexibility index (Phi) is 4.15. The number of ether oxygens (including phenoxy) is 1. The van der Waals surface area contributed by atoms with Crippen LogP contribution in [0.25, 0.3) is 23.0 Å². The SMILES string of the molecule is Cn1nc(-c2nc(-c3ccccc3C(F)(F)F)no2)cc1OC(F)F. The van der Waals surface area contributed by atoms with Gasteiger partial charge in [-0.25, -0.2) is 4.68 Å². The van der Waals surface area contributed by atoms with Crippen LogP contribution in [-0.2, 0) is 13.2 Å². The van der Waals surface area contributed by atoms with E-state index in [1.54, 1.807) is 0 Å². The van der Waals surface area contributed by atoms with E-state index < -0.39 is 18.4 Å². The summed E-state index contributed by atoms with van der Waals surface area (Å²) in [6, 6.07) is 5.83. The number of rotatable bonds is 4. The highest BCUT2D eigenvalue weighted by atomic mass is 19.4. The van der Waals surface area contributed by atoms with Crippen LogP contribution in [0.15, 0.2) is 34.9 Å². The highest BCUT2D eigenvalue weighted by molar-refractivity contribution is 5.62. The normalized spacial score (nSPS) is 12.0. The number of aryl methyl sites for hydroxylation is 1. The largest absolute Gasteiger partial charge is 0.417 e. The molecule has 0 aliphatic heterocycles. The van der Waals surface area contributed by atoms with Gasteiger partial charge in [0, 0.05) is 18.7 Å². The van der Waals surface area contributed by atoms with Crippen molar-refractivity contribution in [2.75, 3.05) is 0 Å². The van der Waals surface area contributed by atoms with Gasteiger partial charge in [0.1, 0.15) is 0 Å². The van der Waals surface area contributed by atoms with Crippen molar-refractivity contribution in [1.82, 2.24) is 19.9 Å². The van der Waals surface area contributed by atoms with E-state index in [0.29, 0.717) is 0 Å². The van der Waals surface area contributed by atoms with Gasteiger partial charge in [-0.05, 0) is 6.07 Å². The number of hydrogen-bond acceptors (Lipinski definition) is 5. The zero-order chi connectivity index (χ0) is 18.2. The molecule has 3 aromatic rings. The van der Waals surface area contributed by atoms with E-state index in [9.17, 15) is 22.0 Å². The van der Waals surface area contributed by atoms with Crippen LogP contribution in [0, 0.1) is 0 Å². The molecule has 1 aromatic carbocycles. The Bertz CT molecular complexity index is 887. The summed E-state index contributed by atoms with van der Waals surface area (Å²) < 4.78 is 73.8. The van der Waals surface area contributed by atoms with Crippen LogP contribution in [0.4, 0.5) is 22.0 Å². The van der Waals surface area contributed by atoms with Crippen LogP contribution >= 0.6 is 0 Å². The zero-order valence-electron chi connectivity index (χ0n) is 12.5. The van der Waals surface area contributed by atoms with Gasteiger partial charge in [-0.2, -0.15) is 32.0 Å². The van der Waals surface area contributed by atoms with Crippen molar-refractivity contribution in [1.29, 1.82) is 0 Å². The number of halogens is 5. The molecule has 25 heavy (non-hydrogen) atoms. The van der Waals surface area contributed by atoms with Gasteiger partial charge in [-0.1, -0.05) is 23.4 Å². The first-order chi connectivity index (χ1) is 11.8. The van der Waals surface area contributed by atoms with E-state index in [1.807, 2.05) is 0 Å². The van der Waals surface area contributed by atoms with E-state index >= 15 is 0 Å². The topological polar surface area (TPSA) is 66.0 Å². The first-order valence-corrected chi connectivity index (χ1v) is 6.75. The minimum absolute atomic E-state index is 0.0126. The van der Waals surface area contributed by atoms with Crippen LogP contribution in [0.5, 0.6) is 5.88 Å². The fourth-order valence-electron chi connectivity index (χ4n) is 2.12. The summed E-state index contributed by atoms with van der Waals surface area (Å²) in [5.74, 6) is -0.794. The van der Waals surface area contributed by atoms with Crippen molar-refractivity contribution >= 4 is 0 Å². The molecule has 0 saturated carbocycles. The van der Waals surface area contributed by atoms with E-state index in [0.717, 1.165) is 16.8 Å². The van der Waals surface area contributed by atoms with E-state index in [2.05, 4.69) is 20.0 Å². The molecule has 0 spiro atoms. The lowest BCUT2D eigenvalue weighted by Gasteiger charge is -2.09. The smallest absolute Gasteiger partial charge is 0.417 e. The Balaban J connectivity index is 1.97. The second-order valence-electron chi connectivity index (χ2n) is 4.84. The van der Waals surface area contributed by atoms with Crippen molar-refractivity contribution in [2.45, 2.75) is 12.8 Å². The van der Waals surface area contributed by atoms with Gasteiger partial charge in [-0.3, -0.25) is 0 Å². The highest BCUT2D eigenvalue weighted by Gasteiger charge is 2.34. The van der Waals surface area contributed by atoms with Crippen LogP contribution in [0.3, 0.4) is 0 Å². The van der Waals surface area contributed by atoms with Crippen molar-refractivity contribution < 1.29 is 31.2 Å². The molecule has 6 nitrogen and oxygen atoms in total. The van der Waals surface area contributed by atoms with E-state index in [-0.39, 0.29) is 28.9 Å². The van der Waals surface area contributed by atoms with Crippen LogP contribution < -0.4 is 4.74 Å². The third-order valence-corrected chi connectivity index (χ3v) is 3.17. The number of aromatic nitrogens is 4. The Morgan fingerprint density at radius 1 is 1.20 bits per heavy atom. The van der Waals surface area contributed by atoms with Crippen molar-refractivity contribution in [3.63, 3.8) is 0 Å². The van der Waals surface area contributed by atoms with Gasteiger partial charge in [-0.15, -0.1) is 0 Å². The third-order valence-electron chi connectivity index (χ3n) is 3.17. The summed E-state index contributed by atoms with van der Waals surface area (Å²) in [6.45, 7) is -3.06. The number of benzene rings is 1. The second-order valence-corrected chi connectivity index (χ2v) is 4.84. The van der Waals surface area contributed by atoms with Crippen molar-refractivity contribution in [3.8, 4) is 28.9 Å². The molecule has 11 heteroatoms. The van der Waals surface area contributed by atoms with Gasteiger partial charge in [0.25, 0.3) is 5.89 Å². The molecule has 0 atom stereocenters. The van der Waals surface area contributed by atoms with E-state index in [1.165, 1.54) is 25.2 Å². The molecule has 0 aliphatic rings. The average molecular weight is 360 g/mol. The minimum Gasteiger partial charge on any atom is -0.417 e. The molecule has 0 aliphatic carbocycles. The lowest BCUT2D eigenvalue weighted by Crippen LogP contribution is -2.07. The maximum atomic E-state index is 13.1. The summed E-state index contributed by atoms with van der Waals surface area (Å²) in [5.41, 5.74) is -1.21. The summed E-state index contributed by atoms with van der Waals surface area (Å²) in [5, 5.41) is 7.36. The Morgan fingerprint density at radius 2 is 1.92 bits per heavy atom. The highest BCUT2D eigenvalue weighted by Crippen LogP contribution is 2.36. The molecule has 0 amide bonds. The molecule has 0 bridgehead atoms. The van der Waals surface area contributed by atoms with Crippen LogP contribution in [0.2, 0.25) is 0 Å². The molecule has 0 radical (unpaired) electrons. The van der Waals surface area contributed by atoms with Gasteiger partial charge in [0.15, 0.2) is 5.69 Å². The molecular weight excluding hydrogens is 351 g/mol. The zero-order valence-corrected chi connectivity index (χ0v) is 12.5. The molecule has 0 N–H and O–H groups in total. The lowest BCUT2D eigenvalue weighted by atomic mass is 10.1. The van der Waals surface area contributed by atoms with Gasteiger partial charge in [0.05, 0.1) is 5.56 Å². The quantitative estimate of drug-likeness (QED) is 0.663. The maximum Gasteiger partial charge on any atom is 0.417 e. The Morgan fingerprint density at radius 3 is 2.60 bits per heavy atom. The van der Waals surface area contributed by atoms with Crippen LogP contribution in [-0.4, -0.2) is 26.5 Å². The fourth-order valence-corrected chi connectivity index (χ4v) is 2.12. The Hall–Kier alpha value is -2.98. The van der Waals surface area contributed by atoms with Crippen LogP contribution in [0.1, 0.15) is 5.56 Å². The molecule has 0 unspecified atom stereocenters. The van der Waals surface area contributed by atoms with Gasteiger partial charge in [0.2, 0.25) is 11.7 Å². The Labute approximate surface area is 136 Å². The third kappa shape index (κ3) is 3.44.